The van der Waals surface area contributed by atoms with Crippen LogP contribution in [0.1, 0.15) is 10.4 Å². The van der Waals surface area contributed by atoms with Crippen molar-refractivity contribution in [2.24, 2.45) is 0 Å². The SMILES string of the molecule is COc1ccc(OC)c(C(=O)NCC(OC)C(=O)O)c1. The number of hydrogen-bond donors (Lipinski definition) is 2. The van der Waals surface area contributed by atoms with Crippen molar-refractivity contribution in [1.29, 1.82) is 0 Å². The van der Waals surface area contributed by atoms with Gasteiger partial charge in [-0.05, 0) is 18.2 Å². The molecule has 1 atom stereocenters. The van der Waals surface area contributed by atoms with Gasteiger partial charge >= 0.3 is 5.97 Å². The van der Waals surface area contributed by atoms with Crippen LogP contribution in [-0.2, 0) is 9.53 Å². The zero-order chi connectivity index (χ0) is 15.1. The van der Waals surface area contributed by atoms with Gasteiger partial charge in [0.05, 0.1) is 26.3 Å². The maximum absolute atomic E-state index is 12.0. The fourth-order valence-corrected chi connectivity index (χ4v) is 1.54. The Labute approximate surface area is 116 Å². The first kappa shape index (κ1) is 15.8. The van der Waals surface area contributed by atoms with E-state index in [2.05, 4.69) is 5.32 Å². The highest BCUT2D eigenvalue weighted by Gasteiger charge is 2.19. The molecule has 1 aromatic rings. The second kappa shape index (κ2) is 7.34. The fraction of sp³-hybridized carbons (Fsp3) is 0.385. The quantitative estimate of drug-likeness (QED) is 0.758. The smallest absolute Gasteiger partial charge is 0.334 e. The van der Waals surface area contributed by atoms with Gasteiger partial charge in [0.2, 0.25) is 0 Å². The number of carbonyl (C=O) groups is 2. The molecule has 1 amide bonds. The molecule has 0 aliphatic heterocycles. The second-order valence-electron chi connectivity index (χ2n) is 3.84. The van der Waals surface area contributed by atoms with Gasteiger partial charge in [-0.1, -0.05) is 0 Å². The molecule has 0 radical (unpaired) electrons. The van der Waals surface area contributed by atoms with E-state index in [-0.39, 0.29) is 12.1 Å². The van der Waals surface area contributed by atoms with Crippen LogP contribution in [0, 0.1) is 0 Å². The molecule has 7 heteroatoms. The third-order valence-electron chi connectivity index (χ3n) is 2.66. The van der Waals surface area contributed by atoms with E-state index in [0.29, 0.717) is 11.5 Å². The van der Waals surface area contributed by atoms with Crippen LogP contribution in [0.15, 0.2) is 18.2 Å². The second-order valence-corrected chi connectivity index (χ2v) is 3.84. The van der Waals surface area contributed by atoms with Crippen molar-refractivity contribution in [2.45, 2.75) is 6.10 Å². The van der Waals surface area contributed by atoms with Crippen LogP contribution in [0.25, 0.3) is 0 Å². The van der Waals surface area contributed by atoms with Crippen molar-refractivity contribution in [2.75, 3.05) is 27.9 Å². The van der Waals surface area contributed by atoms with Crippen LogP contribution in [0.5, 0.6) is 11.5 Å². The maximum atomic E-state index is 12.0. The highest BCUT2D eigenvalue weighted by Crippen LogP contribution is 2.23. The van der Waals surface area contributed by atoms with Crippen LogP contribution >= 0.6 is 0 Å². The van der Waals surface area contributed by atoms with Crippen LogP contribution < -0.4 is 14.8 Å². The zero-order valence-electron chi connectivity index (χ0n) is 11.5. The largest absolute Gasteiger partial charge is 0.497 e. The van der Waals surface area contributed by atoms with Crippen LogP contribution in [0.4, 0.5) is 0 Å². The molecule has 7 nitrogen and oxygen atoms in total. The van der Waals surface area contributed by atoms with Gasteiger partial charge in [0.1, 0.15) is 11.5 Å². The Morgan fingerprint density at radius 1 is 1.25 bits per heavy atom. The van der Waals surface area contributed by atoms with E-state index in [1.54, 1.807) is 12.1 Å². The molecule has 0 saturated heterocycles. The predicted octanol–water partition coefficient (Wildman–Crippen LogP) is 0.533. The average Bonchev–Trinajstić information content (AvgIpc) is 2.46. The highest BCUT2D eigenvalue weighted by atomic mass is 16.5. The van der Waals surface area contributed by atoms with Crippen molar-refractivity contribution >= 4 is 11.9 Å². The number of nitrogens with one attached hydrogen (secondary N) is 1. The molecule has 110 valence electrons. The number of rotatable bonds is 7. The standard InChI is InChI=1S/C13H17NO6/c1-18-8-4-5-10(19-2)9(6-8)12(15)14-7-11(20-3)13(16)17/h4-6,11H,7H2,1-3H3,(H,14,15)(H,16,17). The van der Waals surface area contributed by atoms with E-state index in [1.807, 2.05) is 0 Å². The van der Waals surface area contributed by atoms with Crippen molar-refractivity contribution in [1.82, 2.24) is 5.32 Å². The number of hydrogen-bond acceptors (Lipinski definition) is 5. The Balaban J connectivity index is 2.83. The minimum atomic E-state index is -1.15. The van der Waals surface area contributed by atoms with E-state index in [4.69, 9.17) is 19.3 Å². The van der Waals surface area contributed by atoms with Gasteiger partial charge in [-0.2, -0.15) is 0 Å². The Kier molecular flexibility index (Phi) is 5.79. The molecule has 2 N–H and O–H groups in total. The Bertz CT molecular complexity index is 488. The summed E-state index contributed by atoms with van der Waals surface area (Å²) in [6, 6.07) is 4.76. The van der Waals surface area contributed by atoms with Gasteiger partial charge in [0.25, 0.3) is 5.91 Å². The normalized spacial score (nSPS) is 11.6. The third kappa shape index (κ3) is 3.86. The molecule has 0 saturated carbocycles. The number of carboxylic acid groups (broad SMARTS) is 1. The number of ether oxygens (including phenoxy) is 3. The first-order valence-corrected chi connectivity index (χ1v) is 5.79. The molecule has 0 spiro atoms. The van der Waals surface area contributed by atoms with Gasteiger partial charge in [0, 0.05) is 7.11 Å². The van der Waals surface area contributed by atoms with Gasteiger partial charge in [-0.25, -0.2) is 4.79 Å². The van der Waals surface area contributed by atoms with E-state index in [0.717, 1.165) is 0 Å². The van der Waals surface area contributed by atoms with Crippen LogP contribution in [0.2, 0.25) is 0 Å². The van der Waals surface area contributed by atoms with Gasteiger partial charge in [-0.15, -0.1) is 0 Å². The molecule has 20 heavy (non-hydrogen) atoms. The van der Waals surface area contributed by atoms with Crippen LogP contribution in [0.3, 0.4) is 0 Å². The van der Waals surface area contributed by atoms with Crippen molar-refractivity contribution in [3.63, 3.8) is 0 Å². The molecule has 0 aliphatic carbocycles. The number of benzene rings is 1. The number of methoxy groups -OCH3 is 3. The number of carboxylic acids is 1. The maximum Gasteiger partial charge on any atom is 0.334 e. The molecule has 0 fully saturated rings. The Morgan fingerprint density at radius 2 is 1.95 bits per heavy atom. The predicted molar refractivity (Wildman–Crippen MR) is 70.3 cm³/mol. The zero-order valence-corrected chi connectivity index (χ0v) is 11.5. The molecular weight excluding hydrogens is 266 g/mol. The molecular formula is C13H17NO6. The summed E-state index contributed by atoms with van der Waals surface area (Å²) in [5.74, 6) is -0.750. The summed E-state index contributed by atoms with van der Waals surface area (Å²) in [5.41, 5.74) is 0.257. The van der Waals surface area contributed by atoms with Gasteiger partial charge in [0.15, 0.2) is 6.10 Å². The monoisotopic (exact) mass is 283 g/mol. The minimum Gasteiger partial charge on any atom is -0.497 e. The first-order chi connectivity index (χ1) is 9.53. The molecule has 1 rings (SSSR count). The molecule has 0 aromatic heterocycles. The lowest BCUT2D eigenvalue weighted by atomic mass is 10.1. The summed E-state index contributed by atoms with van der Waals surface area (Å²) < 4.78 is 14.8. The third-order valence-corrected chi connectivity index (χ3v) is 2.66. The molecule has 0 heterocycles. The fourth-order valence-electron chi connectivity index (χ4n) is 1.54. The lowest BCUT2D eigenvalue weighted by molar-refractivity contribution is -0.148. The van der Waals surface area contributed by atoms with Gasteiger partial charge in [-0.3, -0.25) is 4.79 Å². The topological polar surface area (TPSA) is 94.1 Å². The lowest BCUT2D eigenvalue weighted by Gasteiger charge is -2.13. The van der Waals surface area contributed by atoms with Gasteiger partial charge < -0.3 is 24.6 Å². The van der Waals surface area contributed by atoms with Crippen molar-refractivity contribution < 1.29 is 28.9 Å². The number of amides is 1. The van der Waals surface area contributed by atoms with E-state index in [9.17, 15) is 9.59 Å². The summed E-state index contributed by atoms with van der Waals surface area (Å²) in [4.78, 5) is 22.8. The summed E-state index contributed by atoms with van der Waals surface area (Å²) in [7, 11) is 4.18. The minimum absolute atomic E-state index is 0.148. The Hall–Kier alpha value is -2.28. The average molecular weight is 283 g/mol. The van der Waals surface area contributed by atoms with E-state index < -0.39 is 18.0 Å². The molecule has 0 bridgehead atoms. The Morgan fingerprint density at radius 3 is 2.45 bits per heavy atom. The van der Waals surface area contributed by atoms with E-state index in [1.165, 1.54) is 27.4 Å². The number of aliphatic carboxylic acids is 1. The highest BCUT2D eigenvalue weighted by molar-refractivity contribution is 5.97. The summed E-state index contributed by atoms with van der Waals surface area (Å²) in [6.45, 7) is -0.148. The van der Waals surface area contributed by atoms with E-state index >= 15 is 0 Å². The molecule has 1 aromatic carbocycles. The van der Waals surface area contributed by atoms with Crippen molar-refractivity contribution in [3.05, 3.63) is 23.8 Å². The summed E-state index contributed by atoms with van der Waals surface area (Å²) in [6.07, 6.45) is -1.10. The van der Waals surface area contributed by atoms with Crippen LogP contribution in [-0.4, -0.2) is 51.0 Å². The van der Waals surface area contributed by atoms with Crippen molar-refractivity contribution in [3.8, 4) is 11.5 Å². The summed E-state index contributed by atoms with van der Waals surface area (Å²) in [5, 5.41) is 11.3. The molecule has 0 aliphatic rings. The first-order valence-electron chi connectivity index (χ1n) is 5.79. The molecule has 1 unspecified atom stereocenters. The summed E-state index contributed by atoms with van der Waals surface area (Å²) >= 11 is 0. The lowest BCUT2D eigenvalue weighted by Crippen LogP contribution is -2.37. The number of carbonyl (C=O) groups excluding carboxylic acids is 1.